The highest BCUT2D eigenvalue weighted by Crippen LogP contribution is 2.28. The van der Waals surface area contributed by atoms with Crippen molar-refractivity contribution in [3.8, 4) is 0 Å². The Morgan fingerprint density at radius 2 is 1.86 bits per heavy atom. The van der Waals surface area contributed by atoms with E-state index in [0.29, 0.717) is 12.0 Å². The van der Waals surface area contributed by atoms with Crippen LogP contribution < -0.4 is 5.73 Å². The molecule has 1 saturated heterocycles. The van der Waals surface area contributed by atoms with Gasteiger partial charge in [-0.3, -0.25) is 4.99 Å². The standard InChI is InChI=1S/C15H30N4O.HI/c1-18(2)14(13-6-4-3-5-7-13)12-17-15(16)19-8-10-20-11-9-19;/h13-14H,3-12H2,1-2H3,(H2,16,17);1H. The average molecular weight is 410 g/mol. The molecule has 0 amide bonds. The van der Waals surface area contributed by atoms with Crippen molar-refractivity contribution in [1.82, 2.24) is 9.80 Å². The number of morpholine rings is 1. The van der Waals surface area contributed by atoms with Gasteiger partial charge >= 0.3 is 0 Å². The fourth-order valence-corrected chi connectivity index (χ4v) is 3.33. The molecule has 2 rings (SSSR count). The minimum Gasteiger partial charge on any atom is -0.378 e. The van der Waals surface area contributed by atoms with Crippen LogP contribution in [-0.2, 0) is 4.74 Å². The van der Waals surface area contributed by atoms with Crippen molar-refractivity contribution in [2.45, 2.75) is 38.1 Å². The molecule has 0 aromatic heterocycles. The van der Waals surface area contributed by atoms with Crippen molar-refractivity contribution in [1.29, 1.82) is 0 Å². The van der Waals surface area contributed by atoms with Crippen LogP contribution in [0.1, 0.15) is 32.1 Å². The molecule has 0 aromatic carbocycles. The predicted molar refractivity (Wildman–Crippen MR) is 98.3 cm³/mol. The summed E-state index contributed by atoms with van der Waals surface area (Å²) in [5.74, 6) is 1.47. The fourth-order valence-electron chi connectivity index (χ4n) is 3.33. The molecule has 1 aliphatic carbocycles. The zero-order chi connectivity index (χ0) is 14.4. The lowest BCUT2D eigenvalue weighted by molar-refractivity contribution is 0.0672. The van der Waals surface area contributed by atoms with Crippen molar-refractivity contribution >= 4 is 29.9 Å². The summed E-state index contributed by atoms with van der Waals surface area (Å²) in [7, 11) is 4.33. The quantitative estimate of drug-likeness (QED) is 0.436. The molecule has 1 aliphatic heterocycles. The molecule has 1 atom stereocenters. The van der Waals surface area contributed by atoms with E-state index in [1.54, 1.807) is 0 Å². The van der Waals surface area contributed by atoms with Crippen LogP contribution in [0.3, 0.4) is 0 Å². The summed E-state index contributed by atoms with van der Waals surface area (Å²) in [6.07, 6.45) is 6.83. The maximum absolute atomic E-state index is 6.13. The summed E-state index contributed by atoms with van der Waals surface area (Å²) in [4.78, 5) is 9.13. The average Bonchev–Trinajstić information content (AvgIpc) is 2.49. The van der Waals surface area contributed by atoms with E-state index in [9.17, 15) is 0 Å². The third kappa shape index (κ3) is 5.90. The summed E-state index contributed by atoms with van der Waals surface area (Å²) in [6.45, 7) is 4.07. The summed E-state index contributed by atoms with van der Waals surface area (Å²) in [5.41, 5.74) is 6.13. The summed E-state index contributed by atoms with van der Waals surface area (Å²) >= 11 is 0. The minimum atomic E-state index is 0. The van der Waals surface area contributed by atoms with Crippen LogP contribution in [0.5, 0.6) is 0 Å². The second-order valence-electron chi connectivity index (χ2n) is 6.23. The lowest BCUT2D eigenvalue weighted by Gasteiger charge is -2.34. The van der Waals surface area contributed by atoms with E-state index in [1.165, 1.54) is 32.1 Å². The van der Waals surface area contributed by atoms with Gasteiger partial charge in [-0.15, -0.1) is 24.0 Å². The highest BCUT2D eigenvalue weighted by atomic mass is 127. The Hall–Kier alpha value is -0.0800. The van der Waals surface area contributed by atoms with E-state index in [2.05, 4.69) is 28.9 Å². The van der Waals surface area contributed by atoms with Gasteiger partial charge in [-0.05, 0) is 32.9 Å². The number of hydrogen-bond acceptors (Lipinski definition) is 3. The number of rotatable bonds is 4. The SMILES string of the molecule is CN(C)C(CN=C(N)N1CCOCC1)C1CCCCC1.I. The zero-order valence-corrected chi connectivity index (χ0v) is 15.8. The molecular weight excluding hydrogens is 379 g/mol. The molecule has 21 heavy (non-hydrogen) atoms. The number of ether oxygens (including phenoxy) is 1. The first kappa shape index (κ1) is 19.0. The smallest absolute Gasteiger partial charge is 0.191 e. The molecule has 0 bridgehead atoms. The topological polar surface area (TPSA) is 54.1 Å². The number of hydrogen-bond donors (Lipinski definition) is 1. The van der Waals surface area contributed by atoms with Crippen molar-refractivity contribution < 1.29 is 4.74 Å². The van der Waals surface area contributed by atoms with Crippen molar-refractivity contribution in [3.05, 3.63) is 0 Å². The number of nitrogens with two attached hydrogens (primary N) is 1. The Morgan fingerprint density at radius 3 is 2.43 bits per heavy atom. The van der Waals surface area contributed by atoms with Gasteiger partial charge in [0.05, 0.1) is 19.8 Å². The van der Waals surface area contributed by atoms with Crippen molar-refractivity contribution in [2.75, 3.05) is 46.9 Å². The molecular formula is C15H31IN4O. The van der Waals surface area contributed by atoms with E-state index in [4.69, 9.17) is 10.5 Å². The summed E-state index contributed by atoms with van der Waals surface area (Å²) in [6, 6.07) is 0.523. The largest absolute Gasteiger partial charge is 0.378 e. The summed E-state index contributed by atoms with van der Waals surface area (Å²) in [5, 5.41) is 0. The van der Waals surface area contributed by atoms with Gasteiger partial charge in [-0.25, -0.2) is 0 Å². The molecule has 1 heterocycles. The molecule has 2 fully saturated rings. The molecule has 6 heteroatoms. The maximum atomic E-state index is 6.13. The van der Waals surface area contributed by atoms with E-state index < -0.39 is 0 Å². The van der Waals surface area contributed by atoms with Gasteiger partial charge in [-0.1, -0.05) is 19.3 Å². The van der Waals surface area contributed by atoms with Crippen LogP contribution in [0.15, 0.2) is 4.99 Å². The van der Waals surface area contributed by atoms with Crippen LogP contribution in [0.25, 0.3) is 0 Å². The third-order valence-electron chi connectivity index (χ3n) is 4.63. The second-order valence-corrected chi connectivity index (χ2v) is 6.23. The van der Waals surface area contributed by atoms with Crippen molar-refractivity contribution in [2.24, 2.45) is 16.6 Å². The van der Waals surface area contributed by atoms with Gasteiger partial charge in [-0.2, -0.15) is 0 Å². The molecule has 0 aromatic rings. The Balaban J connectivity index is 0.00000220. The Kier molecular flexibility index (Phi) is 8.89. The lowest BCUT2D eigenvalue weighted by Crippen LogP contribution is -2.46. The van der Waals surface area contributed by atoms with E-state index in [0.717, 1.165) is 38.8 Å². The van der Waals surface area contributed by atoms with Gasteiger partial charge < -0.3 is 20.3 Å². The minimum absolute atomic E-state index is 0. The molecule has 2 aliphatic rings. The van der Waals surface area contributed by atoms with E-state index >= 15 is 0 Å². The summed E-state index contributed by atoms with van der Waals surface area (Å²) < 4.78 is 5.35. The van der Waals surface area contributed by atoms with Gasteiger partial charge in [0.1, 0.15) is 0 Å². The number of guanidine groups is 1. The Labute approximate surface area is 146 Å². The number of halogens is 1. The van der Waals surface area contributed by atoms with Gasteiger partial charge in [0.25, 0.3) is 0 Å². The molecule has 0 radical (unpaired) electrons. The predicted octanol–water partition coefficient (Wildman–Crippen LogP) is 1.76. The van der Waals surface area contributed by atoms with Crippen molar-refractivity contribution in [3.63, 3.8) is 0 Å². The fraction of sp³-hybridized carbons (Fsp3) is 0.933. The first-order chi connectivity index (χ1) is 9.68. The van der Waals surface area contributed by atoms with E-state index in [1.807, 2.05) is 0 Å². The van der Waals surface area contributed by atoms with Crippen LogP contribution in [0.4, 0.5) is 0 Å². The number of nitrogens with zero attached hydrogens (tertiary/aromatic N) is 3. The zero-order valence-electron chi connectivity index (χ0n) is 13.5. The third-order valence-corrected chi connectivity index (χ3v) is 4.63. The highest BCUT2D eigenvalue weighted by molar-refractivity contribution is 14.0. The highest BCUT2D eigenvalue weighted by Gasteiger charge is 2.25. The molecule has 1 saturated carbocycles. The normalized spacial score (nSPS) is 23.0. The Morgan fingerprint density at radius 1 is 1.24 bits per heavy atom. The first-order valence-electron chi connectivity index (χ1n) is 7.97. The molecule has 2 N–H and O–H groups in total. The van der Waals surface area contributed by atoms with Gasteiger partial charge in [0.15, 0.2) is 5.96 Å². The molecule has 0 spiro atoms. The van der Waals surface area contributed by atoms with Crippen LogP contribution >= 0.6 is 24.0 Å². The monoisotopic (exact) mass is 410 g/mol. The van der Waals surface area contributed by atoms with Crippen LogP contribution in [0.2, 0.25) is 0 Å². The Bertz CT molecular complexity index is 313. The lowest BCUT2D eigenvalue weighted by atomic mass is 9.83. The number of aliphatic imine (C=N–C) groups is 1. The first-order valence-corrected chi connectivity index (χ1v) is 7.97. The molecule has 1 unspecified atom stereocenters. The maximum Gasteiger partial charge on any atom is 0.191 e. The van der Waals surface area contributed by atoms with Gasteiger partial charge in [0.2, 0.25) is 0 Å². The molecule has 124 valence electrons. The van der Waals surface area contributed by atoms with E-state index in [-0.39, 0.29) is 24.0 Å². The molecule has 5 nitrogen and oxygen atoms in total. The van der Waals surface area contributed by atoms with Gasteiger partial charge in [0, 0.05) is 19.1 Å². The number of likely N-dealkylation sites (N-methyl/N-ethyl adjacent to an activating group) is 1. The second kappa shape index (κ2) is 9.84. The van der Waals surface area contributed by atoms with Crippen LogP contribution in [-0.4, -0.2) is 68.7 Å². The van der Waals surface area contributed by atoms with Crippen LogP contribution in [0, 0.1) is 5.92 Å².